The van der Waals surface area contributed by atoms with Gasteiger partial charge in [0.2, 0.25) is 0 Å². The zero-order chi connectivity index (χ0) is 17.1. The second-order valence-electron chi connectivity index (χ2n) is 4.71. The fraction of sp³-hybridized carbons (Fsp3) is 0.0625. The number of thioether (sulfide) groups is 1. The lowest BCUT2D eigenvalue weighted by atomic mass is 10.2. The minimum Gasteiger partial charge on any atom is -0.497 e. The molecular formula is C16H12N2O3S3. The van der Waals surface area contributed by atoms with Gasteiger partial charge in [0.25, 0.3) is 11.8 Å². The predicted octanol–water partition coefficient (Wildman–Crippen LogP) is 3.30. The number of nitrogens with zero attached hydrogens (tertiary/aromatic N) is 1. The molecule has 2 aromatic rings. The zero-order valence-electron chi connectivity index (χ0n) is 12.5. The largest absolute Gasteiger partial charge is 0.497 e. The predicted molar refractivity (Wildman–Crippen MR) is 99.8 cm³/mol. The molecule has 1 aromatic carbocycles. The molecule has 0 bridgehead atoms. The van der Waals surface area contributed by atoms with Gasteiger partial charge < -0.3 is 4.74 Å². The van der Waals surface area contributed by atoms with Crippen LogP contribution in [0.3, 0.4) is 0 Å². The highest BCUT2D eigenvalue weighted by molar-refractivity contribution is 8.26. The Kier molecular flexibility index (Phi) is 4.98. The second kappa shape index (κ2) is 7.16. The number of thiophene rings is 1. The fourth-order valence-electron chi connectivity index (χ4n) is 2.01. The number of hydrazine groups is 1. The number of hydrogen-bond acceptors (Lipinski definition) is 6. The van der Waals surface area contributed by atoms with E-state index in [2.05, 4.69) is 5.43 Å². The van der Waals surface area contributed by atoms with Crippen molar-refractivity contribution in [3.05, 3.63) is 57.1 Å². The van der Waals surface area contributed by atoms with Crippen LogP contribution in [0.5, 0.6) is 5.75 Å². The number of amides is 2. The Morgan fingerprint density at radius 1 is 1.33 bits per heavy atom. The summed E-state index contributed by atoms with van der Waals surface area (Å²) in [6, 6.07) is 10.8. The number of ether oxygens (including phenoxy) is 1. The quantitative estimate of drug-likeness (QED) is 0.655. The standard InChI is InChI=1S/C16H12N2O3S3/c1-21-11-5-2-4-10(8-11)9-13-15(20)18(16(22)24-13)17-14(19)12-6-3-7-23-12/h2-9H,1H3,(H,17,19)/b13-9+. The molecule has 0 unspecified atom stereocenters. The van der Waals surface area contributed by atoms with Gasteiger partial charge in [-0.2, -0.15) is 5.01 Å². The van der Waals surface area contributed by atoms with Crippen LogP contribution in [0.4, 0.5) is 0 Å². The molecule has 0 aliphatic carbocycles. The van der Waals surface area contributed by atoms with Crippen LogP contribution < -0.4 is 10.2 Å². The molecule has 0 radical (unpaired) electrons. The van der Waals surface area contributed by atoms with E-state index < -0.39 is 0 Å². The maximum atomic E-state index is 12.5. The van der Waals surface area contributed by atoms with E-state index in [1.807, 2.05) is 24.3 Å². The maximum absolute atomic E-state index is 12.5. The van der Waals surface area contributed by atoms with Crippen molar-refractivity contribution in [2.75, 3.05) is 7.11 Å². The first kappa shape index (κ1) is 16.7. The molecule has 0 spiro atoms. The van der Waals surface area contributed by atoms with Gasteiger partial charge in [0.1, 0.15) is 5.75 Å². The Balaban J connectivity index is 1.78. The summed E-state index contributed by atoms with van der Waals surface area (Å²) in [6.07, 6.45) is 1.72. The van der Waals surface area contributed by atoms with Gasteiger partial charge >= 0.3 is 0 Å². The first-order valence-corrected chi connectivity index (χ1v) is 8.95. The number of nitrogens with one attached hydrogen (secondary N) is 1. The second-order valence-corrected chi connectivity index (χ2v) is 7.34. The topological polar surface area (TPSA) is 58.6 Å². The molecule has 8 heteroatoms. The average Bonchev–Trinajstić information content (AvgIpc) is 3.20. The maximum Gasteiger partial charge on any atom is 0.285 e. The summed E-state index contributed by atoms with van der Waals surface area (Å²) in [6.45, 7) is 0. The lowest BCUT2D eigenvalue weighted by molar-refractivity contribution is -0.123. The molecule has 3 rings (SSSR count). The van der Waals surface area contributed by atoms with E-state index in [-0.39, 0.29) is 11.8 Å². The average molecular weight is 376 g/mol. The third-order valence-electron chi connectivity index (χ3n) is 3.14. The number of carbonyl (C=O) groups is 2. The lowest BCUT2D eigenvalue weighted by Crippen LogP contribution is -2.44. The Hall–Kier alpha value is -2.16. The Morgan fingerprint density at radius 2 is 2.17 bits per heavy atom. The van der Waals surface area contributed by atoms with Gasteiger partial charge in [-0.25, -0.2) is 0 Å². The van der Waals surface area contributed by atoms with Crippen molar-refractivity contribution < 1.29 is 14.3 Å². The third-order valence-corrected chi connectivity index (χ3v) is 5.31. The summed E-state index contributed by atoms with van der Waals surface area (Å²) < 4.78 is 5.46. The summed E-state index contributed by atoms with van der Waals surface area (Å²) in [7, 11) is 1.58. The van der Waals surface area contributed by atoms with Gasteiger partial charge in [-0.15, -0.1) is 11.3 Å². The van der Waals surface area contributed by atoms with Gasteiger partial charge in [-0.3, -0.25) is 15.0 Å². The minimum atomic E-state index is -0.357. The first-order valence-electron chi connectivity index (χ1n) is 6.85. The number of carbonyl (C=O) groups excluding carboxylic acids is 2. The first-order chi connectivity index (χ1) is 11.6. The summed E-state index contributed by atoms with van der Waals surface area (Å²) in [5.74, 6) is -0.00752. The van der Waals surface area contributed by atoms with Crippen molar-refractivity contribution in [1.29, 1.82) is 0 Å². The highest BCUT2D eigenvalue weighted by Gasteiger charge is 2.33. The molecule has 1 aromatic heterocycles. The molecule has 0 saturated carbocycles. The molecule has 24 heavy (non-hydrogen) atoms. The highest BCUT2D eigenvalue weighted by atomic mass is 32.2. The van der Waals surface area contributed by atoms with Crippen LogP contribution in [0, 0.1) is 0 Å². The highest BCUT2D eigenvalue weighted by Crippen LogP contribution is 2.32. The number of methoxy groups -OCH3 is 1. The summed E-state index contributed by atoms with van der Waals surface area (Å²) in [5.41, 5.74) is 3.37. The van der Waals surface area contributed by atoms with Gasteiger partial charge in [0.05, 0.1) is 16.9 Å². The summed E-state index contributed by atoms with van der Waals surface area (Å²) in [4.78, 5) is 25.5. The Labute approximate surface area is 152 Å². The smallest absolute Gasteiger partial charge is 0.285 e. The van der Waals surface area contributed by atoms with E-state index in [0.717, 1.165) is 22.3 Å². The van der Waals surface area contributed by atoms with Crippen LogP contribution in [0.15, 0.2) is 46.7 Å². The van der Waals surface area contributed by atoms with Gasteiger partial charge in [0, 0.05) is 0 Å². The third kappa shape index (κ3) is 3.50. The molecule has 0 atom stereocenters. The molecule has 1 saturated heterocycles. The molecule has 1 N–H and O–H groups in total. The monoisotopic (exact) mass is 376 g/mol. The zero-order valence-corrected chi connectivity index (χ0v) is 15.0. The number of benzene rings is 1. The van der Waals surface area contributed by atoms with Crippen LogP contribution in [0.2, 0.25) is 0 Å². The van der Waals surface area contributed by atoms with Crippen LogP contribution in [-0.4, -0.2) is 28.3 Å². The molecule has 1 aliphatic rings. The molecule has 2 heterocycles. The molecular weight excluding hydrogens is 364 g/mol. The fourth-order valence-corrected chi connectivity index (χ4v) is 3.80. The number of thiocarbonyl (C=S) groups is 1. The van der Waals surface area contributed by atoms with E-state index in [1.54, 1.807) is 30.7 Å². The summed E-state index contributed by atoms with van der Waals surface area (Å²) >= 11 is 7.64. The van der Waals surface area contributed by atoms with Crippen molar-refractivity contribution in [1.82, 2.24) is 10.4 Å². The van der Waals surface area contributed by atoms with E-state index in [4.69, 9.17) is 17.0 Å². The van der Waals surface area contributed by atoms with Crippen molar-refractivity contribution in [3.63, 3.8) is 0 Å². The van der Waals surface area contributed by atoms with Crippen molar-refractivity contribution in [2.24, 2.45) is 0 Å². The van der Waals surface area contributed by atoms with Crippen LogP contribution in [-0.2, 0) is 4.79 Å². The lowest BCUT2D eigenvalue weighted by Gasteiger charge is -2.14. The Bertz CT molecular complexity index is 831. The van der Waals surface area contributed by atoms with Crippen LogP contribution in [0.25, 0.3) is 6.08 Å². The van der Waals surface area contributed by atoms with E-state index >= 15 is 0 Å². The van der Waals surface area contributed by atoms with Crippen molar-refractivity contribution in [3.8, 4) is 5.75 Å². The van der Waals surface area contributed by atoms with Crippen molar-refractivity contribution in [2.45, 2.75) is 0 Å². The summed E-state index contributed by atoms with van der Waals surface area (Å²) in [5, 5.41) is 2.90. The van der Waals surface area contributed by atoms with Crippen LogP contribution in [0.1, 0.15) is 15.2 Å². The minimum absolute atomic E-state index is 0.291. The van der Waals surface area contributed by atoms with E-state index in [1.165, 1.54) is 11.3 Å². The Morgan fingerprint density at radius 3 is 2.88 bits per heavy atom. The SMILES string of the molecule is COc1cccc(/C=C2/SC(=S)N(NC(=O)c3cccs3)C2=O)c1. The van der Waals surface area contributed by atoms with Gasteiger partial charge in [-0.05, 0) is 47.4 Å². The number of hydrogen-bond donors (Lipinski definition) is 1. The van der Waals surface area contributed by atoms with E-state index in [9.17, 15) is 9.59 Å². The normalized spacial score (nSPS) is 15.9. The molecule has 122 valence electrons. The van der Waals surface area contributed by atoms with Crippen molar-refractivity contribution >= 4 is 57.5 Å². The number of rotatable bonds is 4. The molecule has 1 fully saturated rings. The van der Waals surface area contributed by atoms with Crippen LogP contribution >= 0.6 is 35.3 Å². The molecule has 5 nitrogen and oxygen atoms in total. The van der Waals surface area contributed by atoms with Gasteiger partial charge in [0.15, 0.2) is 4.32 Å². The van der Waals surface area contributed by atoms with Gasteiger partial charge in [-0.1, -0.05) is 30.0 Å². The molecule has 2 amide bonds. The molecule has 1 aliphatic heterocycles. The van der Waals surface area contributed by atoms with E-state index in [0.29, 0.717) is 19.9 Å².